The highest BCUT2D eigenvalue weighted by Crippen LogP contribution is 2.37. The molecule has 0 fully saturated rings. The summed E-state index contributed by atoms with van der Waals surface area (Å²) in [6.07, 6.45) is 0. The number of aromatic nitrogens is 3. The first-order chi connectivity index (χ1) is 30.4. The number of benzene rings is 7. The average Bonchev–Trinajstić information content (AvgIpc) is 3.69. The minimum atomic E-state index is -0.790. The molecule has 0 spiro atoms. The van der Waals surface area contributed by atoms with Crippen molar-refractivity contribution >= 4 is 32.7 Å². The summed E-state index contributed by atoms with van der Waals surface area (Å²) in [6.45, 7) is 0. The van der Waals surface area contributed by atoms with E-state index in [0.29, 0.717) is 11.1 Å². The van der Waals surface area contributed by atoms with E-state index in [0.717, 1.165) is 0 Å². The van der Waals surface area contributed by atoms with Crippen LogP contribution in [0, 0.1) is 0 Å². The summed E-state index contributed by atoms with van der Waals surface area (Å²) in [5.74, 6) is -1.02. The molecule has 220 valence electrons. The maximum absolute atomic E-state index is 9.34. The van der Waals surface area contributed by atoms with Crippen LogP contribution in [0.1, 0.15) is 23.3 Å². The van der Waals surface area contributed by atoms with E-state index in [1.807, 2.05) is 0 Å². The third kappa shape index (κ3) is 4.93. The average molecular weight is 619 g/mol. The molecule has 0 aliphatic heterocycles. The number of furan rings is 1. The molecule has 0 atom stereocenters. The molecule has 0 aliphatic carbocycles. The molecule has 7 aromatic carbocycles. The first-order valence-electron chi connectivity index (χ1n) is 22.8. The fraction of sp³-hybridized carbons (Fsp3) is 0. The second-order valence-corrected chi connectivity index (χ2v) is 10.3. The largest absolute Gasteiger partial charge is 0.456 e. The minimum Gasteiger partial charge on any atom is -0.456 e. The van der Waals surface area contributed by atoms with Crippen LogP contribution in [0.5, 0.6) is 0 Å². The molecule has 0 saturated carbocycles. The zero-order valence-corrected chi connectivity index (χ0v) is 24.0. The molecule has 47 heavy (non-hydrogen) atoms. The van der Waals surface area contributed by atoms with Crippen molar-refractivity contribution in [3.05, 3.63) is 163 Å². The Hall–Kier alpha value is -6.39. The number of nitrogens with zero attached hydrogens (tertiary/aromatic N) is 3. The summed E-state index contributed by atoms with van der Waals surface area (Å²) in [7, 11) is 0. The molecule has 4 heteroatoms. The molecule has 0 N–H and O–H groups in total. The van der Waals surface area contributed by atoms with E-state index >= 15 is 0 Å². The third-order valence-electron chi connectivity index (χ3n) is 7.37. The summed E-state index contributed by atoms with van der Waals surface area (Å²) in [5, 5.41) is -1.09. The summed E-state index contributed by atoms with van der Waals surface area (Å²) in [5.41, 5.74) is -1.93. The van der Waals surface area contributed by atoms with Gasteiger partial charge in [0.2, 0.25) is 0 Å². The normalized spacial score (nSPS) is 16.5. The van der Waals surface area contributed by atoms with Gasteiger partial charge in [-0.1, -0.05) is 139 Å². The van der Waals surface area contributed by atoms with Gasteiger partial charge in [0, 0.05) is 27.5 Å². The lowest BCUT2D eigenvalue weighted by molar-refractivity contribution is 0.669. The van der Waals surface area contributed by atoms with Gasteiger partial charge in [-0.25, -0.2) is 15.0 Å². The molecule has 0 amide bonds. The molecular weight excluding hydrogens is 574 g/mol. The Labute approximate surface area is 295 Å². The lowest BCUT2D eigenvalue weighted by Crippen LogP contribution is -2.00. The van der Waals surface area contributed by atoms with Crippen molar-refractivity contribution in [2.24, 2.45) is 0 Å². The Morgan fingerprint density at radius 3 is 1.72 bits per heavy atom. The second kappa shape index (κ2) is 11.2. The first-order valence-corrected chi connectivity index (χ1v) is 14.3. The predicted octanol–water partition coefficient (Wildman–Crippen LogP) is 11.3. The van der Waals surface area contributed by atoms with Gasteiger partial charge in [-0.3, -0.25) is 0 Å². The highest BCUT2D eigenvalue weighted by Gasteiger charge is 2.15. The lowest BCUT2D eigenvalue weighted by Gasteiger charge is -2.10. The lowest BCUT2D eigenvalue weighted by atomic mass is 9.98. The highest BCUT2D eigenvalue weighted by atomic mass is 16.3. The number of fused-ring (bicyclic) bond motifs is 4. The standard InChI is InChI=1S/C43H27N3O/c1-3-10-28(11-4-1)32-22-23-34-27-35(25-24-33(34)26-32)43-45-41(30-12-5-2-6-13-30)44-42(46-43)31-20-18-29(19-21-31)36-15-9-17-39-40(36)37-14-7-8-16-38(37)47-39/h1-27H/i7D,8D,9D,14D,15D,16D,17D,18D,19D,20D,21D,22D,23D,24D,25D,26D,27D. The molecule has 0 bridgehead atoms. The van der Waals surface area contributed by atoms with E-state index in [4.69, 9.17) is 20.9 Å². The van der Waals surface area contributed by atoms with Crippen molar-refractivity contribution in [1.82, 2.24) is 15.0 Å². The van der Waals surface area contributed by atoms with E-state index in [-0.39, 0.29) is 39.0 Å². The van der Waals surface area contributed by atoms with Crippen LogP contribution in [0.15, 0.2) is 168 Å². The van der Waals surface area contributed by atoms with Crippen LogP contribution in [-0.4, -0.2) is 15.0 Å². The summed E-state index contributed by atoms with van der Waals surface area (Å²) < 4.78 is 157. The van der Waals surface area contributed by atoms with Crippen molar-refractivity contribution in [3.8, 4) is 56.4 Å². The molecule has 0 saturated heterocycles. The van der Waals surface area contributed by atoms with Gasteiger partial charge < -0.3 is 4.42 Å². The molecule has 0 radical (unpaired) electrons. The summed E-state index contributed by atoms with van der Waals surface area (Å²) in [6, 6.07) is 5.91. The Kier molecular flexibility index (Phi) is 3.53. The third-order valence-corrected chi connectivity index (χ3v) is 7.37. The highest BCUT2D eigenvalue weighted by molar-refractivity contribution is 6.12. The molecule has 9 aromatic rings. The van der Waals surface area contributed by atoms with Crippen LogP contribution in [0.25, 0.3) is 89.1 Å². The van der Waals surface area contributed by atoms with Crippen LogP contribution in [0.4, 0.5) is 0 Å². The number of rotatable bonds is 5. The fourth-order valence-electron chi connectivity index (χ4n) is 5.15. The van der Waals surface area contributed by atoms with Crippen molar-refractivity contribution < 1.29 is 27.7 Å². The van der Waals surface area contributed by atoms with Crippen molar-refractivity contribution in [2.75, 3.05) is 0 Å². The van der Waals surface area contributed by atoms with Gasteiger partial charge in [0.15, 0.2) is 17.5 Å². The molecule has 0 unspecified atom stereocenters. The number of para-hydroxylation sites is 1. The van der Waals surface area contributed by atoms with Crippen molar-refractivity contribution in [2.45, 2.75) is 0 Å². The maximum Gasteiger partial charge on any atom is 0.164 e. The Morgan fingerprint density at radius 2 is 0.979 bits per heavy atom. The van der Waals surface area contributed by atoms with E-state index in [9.17, 15) is 6.85 Å². The Bertz CT molecular complexity index is 3500. The summed E-state index contributed by atoms with van der Waals surface area (Å²) >= 11 is 0. The van der Waals surface area contributed by atoms with Gasteiger partial charge >= 0.3 is 0 Å². The maximum atomic E-state index is 9.34. The monoisotopic (exact) mass is 618 g/mol. The van der Waals surface area contributed by atoms with Gasteiger partial charge in [0.25, 0.3) is 0 Å². The molecule has 0 aliphatic rings. The topological polar surface area (TPSA) is 51.8 Å². The molecule has 4 nitrogen and oxygen atoms in total. The Morgan fingerprint density at radius 1 is 0.426 bits per heavy atom. The van der Waals surface area contributed by atoms with Crippen LogP contribution < -0.4 is 0 Å². The molecular formula is C43H27N3O. The molecule has 9 rings (SSSR count). The molecule has 2 heterocycles. The summed E-state index contributed by atoms with van der Waals surface area (Å²) in [4.78, 5) is 13.5. The quantitative estimate of drug-likeness (QED) is 0.193. The van der Waals surface area contributed by atoms with Crippen molar-refractivity contribution in [1.29, 1.82) is 0 Å². The van der Waals surface area contributed by atoms with Gasteiger partial charge in [-0.15, -0.1) is 0 Å². The van der Waals surface area contributed by atoms with E-state index in [1.54, 1.807) is 60.7 Å². The van der Waals surface area contributed by atoms with Gasteiger partial charge in [0.05, 0.1) is 23.3 Å². The van der Waals surface area contributed by atoms with Gasteiger partial charge in [-0.2, -0.15) is 0 Å². The van der Waals surface area contributed by atoms with E-state index in [2.05, 4.69) is 15.0 Å². The smallest absolute Gasteiger partial charge is 0.164 e. The SMILES string of the molecule is [2H]c1c([2H])c(-c2c([2H])c([2H])c([2H])c3oc4c([2H])c([2H])c([2H])c([2H])c4c23)c([2H])c([2H])c1-c1nc(-c2ccccc2)nc(-c2c([2H])c([2H])c3c([2H])c(-c4ccccc4)c([2H])c([2H])c3c2[2H])n1. The minimum absolute atomic E-state index is 0.0389. The van der Waals surface area contributed by atoms with Crippen LogP contribution in [-0.2, 0) is 0 Å². The zero-order chi connectivity index (χ0) is 46.0. The second-order valence-electron chi connectivity index (χ2n) is 10.3. The van der Waals surface area contributed by atoms with E-state index < -0.39 is 142 Å². The van der Waals surface area contributed by atoms with Crippen LogP contribution in [0.2, 0.25) is 0 Å². The number of hydrogen-bond donors (Lipinski definition) is 0. The van der Waals surface area contributed by atoms with Gasteiger partial charge in [0.1, 0.15) is 11.2 Å². The Balaban J connectivity index is 1.34. The number of hydrogen-bond acceptors (Lipinski definition) is 4. The van der Waals surface area contributed by atoms with Gasteiger partial charge in [-0.05, 0) is 57.2 Å². The van der Waals surface area contributed by atoms with Crippen LogP contribution in [0.3, 0.4) is 0 Å². The fourth-order valence-corrected chi connectivity index (χ4v) is 5.15. The van der Waals surface area contributed by atoms with Crippen LogP contribution >= 0.6 is 0 Å². The van der Waals surface area contributed by atoms with Crippen molar-refractivity contribution in [3.63, 3.8) is 0 Å². The van der Waals surface area contributed by atoms with E-state index in [1.165, 1.54) is 0 Å². The predicted molar refractivity (Wildman–Crippen MR) is 192 cm³/mol. The zero-order valence-electron chi connectivity index (χ0n) is 41.0. The molecule has 2 aromatic heterocycles. The first kappa shape index (κ1) is 14.8.